The van der Waals surface area contributed by atoms with E-state index in [9.17, 15) is 4.79 Å². The Labute approximate surface area is 120 Å². The summed E-state index contributed by atoms with van der Waals surface area (Å²) in [6.07, 6.45) is 2.83. The van der Waals surface area contributed by atoms with Crippen LogP contribution in [0.15, 0.2) is 48.7 Å². The zero-order valence-electron chi connectivity index (χ0n) is 12.0. The second kappa shape index (κ2) is 6.85. The molecule has 0 saturated heterocycles. The molecule has 20 heavy (non-hydrogen) atoms. The maximum atomic E-state index is 12.0. The van der Waals surface area contributed by atoms with Gasteiger partial charge >= 0.3 is 0 Å². The van der Waals surface area contributed by atoms with Crippen LogP contribution in [0.25, 0.3) is 0 Å². The van der Waals surface area contributed by atoms with Crippen molar-refractivity contribution in [3.63, 3.8) is 0 Å². The Morgan fingerprint density at radius 1 is 1.20 bits per heavy atom. The number of hydrogen-bond acceptors (Lipinski definition) is 2. The van der Waals surface area contributed by atoms with Crippen molar-refractivity contribution < 1.29 is 4.79 Å². The lowest BCUT2D eigenvalue weighted by molar-refractivity contribution is 0.0950. The van der Waals surface area contributed by atoms with Gasteiger partial charge in [0.2, 0.25) is 0 Å². The molecule has 3 nitrogen and oxygen atoms in total. The lowest BCUT2D eigenvalue weighted by Gasteiger charge is -2.10. The average molecular weight is 268 g/mol. The molecule has 2 aromatic rings. The molecule has 0 aliphatic rings. The monoisotopic (exact) mass is 268 g/mol. The van der Waals surface area contributed by atoms with Gasteiger partial charge in [-0.15, -0.1) is 0 Å². The zero-order chi connectivity index (χ0) is 14.4. The summed E-state index contributed by atoms with van der Waals surface area (Å²) in [5.41, 5.74) is 2.82. The molecule has 0 aliphatic heterocycles. The lowest BCUT2D eigenvalue weighted by Crippen LogP contribution is -2.23. The Bertz CT molecular complexity index is 549. The van der Waals surface area contributed by atoms with Crippen molar-refractivity contribution in [3.05, 3.63) is 65.5 Å². The van der Waals surface area contributed by atoms with E-state index in [0.717, 1.165) is 12.1 Å². The number of nitrogens with zero attached hydrogens (tertiary/aromatic N) is 1. The number of carbonyl (C=O) groups is 1. The van der Waals surface area contributed by atoms with Crippen molar-refractivity contribution in [1.82, 2.24) is 10.3 Å². The first-order valence-electron chi connectivity index (χ1n) is 6.98. The molecule has 1 atom stereocenters. The number of carbonyl (C=O) groups excluding carboxylic acids is 1. The van der Waals surface area contributed by atoms with Crippen LogP contribution >= 0.6 is 0 Å². The van der Waals surface area contributed by atoms with Crippen molar-refractivity contribution in [3.8, 4) is 0 Å². The van der Waals surface area contributed by atoms with Gasteiger partial charge in [0.1, 0.15) is 0 Å². The molecule has 0 saturated carbocycles. The quantitative estimate of drug-likeness (QED) is 0.901. The topological polar surface area (TPSA) is 42.0 Å². The van der Waals surface area contributed by atoms with Crippen LogP contribution in [0.2, 0.25) is 0 Å². The van der Waals surface area contributed by atoms with Crippen LogP contribution in [0.5, 0.6) is 0 Å². The van der Waals surface area contributed by atoms with Crippen molar-refractivity contribution in [2.75, 3.05) is 0 Å². The Morgan fingerprint density at radius 2 is 1.95 bits per heavy atom. The lowest BCUT2D eigenvalue weighted by atomic mass is 9.97. The number of aromatic nitrogens is 1. The summed E-state index contributed by atoms with van der Waals surface area (Å²) < 4.78 is 0. The fourth-order valence-corrected chi connectivity index (χ4v) is 1.97. The first kappa shape index (κ1) is 14.3. The van der Waals surface area contributed by atoms with Crippen LogP contribution < -0.4 is 5.32 Å². The van der Waals surface area contributed by atoms with Crippen molar-refractivity contribution >= 4 is 5.91 Å². The van der Waals surface area contributed by atoms with Crippen LogP contribution in [0.4, 0.5) is 0 Å². The Morgan fingerprint density at radius 3 is 2.55 bits per heavy atom. The van der Waals surface area contributed by atoms with E-state index in [0.29, 0.717) is 18.0 Å². The van der Waals surface area contributed by atoms with Gasteiger partial charge in [-0.25, -0.2) is 0 Å². The largest absolute Gasteiger partial charge is 0.346 e. The van der Waals surface area contributed by atoms with E-state index in [1.54, 1.807) is 6.20 Å². The minimum absolute atomic E-state index is 0.0636. The van der Waals surface area contributed by atoms with Gasteiger partial charge in [-0.3, -0.25) is 9.78 Å². The number of benzene rings is 1. The van der Waals surface area contributed by atoms with E-state index in [2.05, 4.69) is 24.1 Å². The third-order valence-electron chi connectivity index (χ3n) is 3.51. The van der Waals surface area contributed by atoms with E-state index < -0.39 is 0 Å². The molecule has 104 valence electrons. The minimum Gasteiger partial charge on any atom is -0.346 e. The van der Waals surface area contributed by atoms with Crippen molar-refractivity contribution in [2.24, 2.45) is 0 Å². The van der Waals surface area contributed by atoms with E-state index in [-0.39, 0.29) is 5.91 Å². The molecule has 0 bridgehead atoms. The number of nitrogens with one attached hydrogen (secondary N) is 1. The standard InChI is InChI=1S/C17H20N2O/c1-3-13(2)14-7-9-15(10-8-14)17(20)19-12-16-6-4-5-11-18-16/h4-11,13H,3,12H2,1-2H3,(H,19,20). The summed E-state index contributed by atoms with van der Waals surface area (Å²) >= 11 is 0. The van der Waals surface area contributed by atoms with Crippen LogP contribution in [0.3, 0.4) is 0 Å². The van der Waals surface area contributed by atoms with Crippen molar-refractivity contribution in [1.29, 1.82) is 0 Å². The van der Waals surface area contributed by atoms with E-state index in [1.807, 2.05) is 42.5 Å². The number of amides is 1. The SMILES string of the molecule is CCC(C)c1ccc(C(=O)NCc2ccccn2)cc1. The molecule has 0 spiro atoms. The fourth-order valence-electron chi connectivity index (χ4n) is 1.97. The zero-order valence-corrected chi connectivity index (χ0v) is 12.0. The fraction of sp³-hybridized carbons (Fsp3) is 0.294. The smallest absolute Gasteiger partial charge is 0.251 e. The minimum atomic E-state index is -0.0636. The van der Waals surface area contributed by atoms with Gasteiger partial charge in [-0.05, 0) is 42.2 Å². The van der Waals surface area contributed by atoms with Gasteiger partial charge in [-0.2, -0.15) is 0 Å². The van der Waals surface area contributed by atoms with Gasteiger partial charge in [0.15, 0.2) is 0 Å². The summed E-state index contributed by atoms with van der Waals surface area (Å²) in [4.78, 5) is 16.2. The predicted octanol–water partition coefficient (Wildman–Crippen LogP) is 3.53. The molecule has 1 heterocycles. The van der Waals surface area contributed by atoms with Crippen LogP contribution in [-0.2, 0) is 6.54 Å². The predicted molar refractivity (Wildman–Crippen MR) is 80.6 cm³/mol. The highest BCUT2D eigenvalue weighted by atomic mass is 16.1. The molecule has 0 radical (unpaired) electrons. The van der Waals surface area contributed by atoms with Gasteiger partial charge < -0.3 is 5.32 Å². The number of hydrogen-bond donors (Lipinski definition) is 1. The Hall–Kier alpha value is -2.16. The highest BCUT2D eigenvalue weighted by molar-refractivity contribution is 5.94. The van der Waals surface area contributed by atoms with Gasteiger partial charge in [0, 0.05) is 11.8 Å². The van der Waals surface area contributed by atoms with Crippen molar-refractivity contribution in [2.45, 2.75) is 32.7 Å². The molecular formula is C17H20N2O. The maximum Gasteiger partial charge on any atom is 0.251 e. The first-order valence-corrected chi connectivity index (χ1v) is 6.98. The molecule has 1 unspecified atom stereocenters. The molecule has 1 N–H and O–H groups in total. The Balaban J connectivity index is 1.96. The summed E-state index contributed by atoms with van der Waals surface area (Å²) in [5, 5.41) is 2.88. The second-order valence-corrected chi connectivity index (χ2v) is 4.94. The Kier molecular flexibility index (Phi) is 4.88. The van der Waals surface area contributed by atoms with Crippen LogP contribution in [0, 0.1) is 0 Å². The molecule has 1 aromatic carbocycles. The summed E-state index contributed by atoms with van der Waals surface area (Å²) in [6, 6.07) is 13.5. The summed E-state index contributed by atoms with van der Waals surface area (Å²) in [7, 11) is 0. The highest BCUT2D eigenvalue weighted by Gasteiger charge is 2.07. The summed E-state index contributed by atoms with van der Waals surface area (Å²) in [5.74, 6) is 0.465. The molecule has 0 aliphatic carbocycles. The molecular weight excluding hydrogens is 248 g/mol. The molecule has 1 aromatic heterocycles. The van der Waals surface area contributed by atoms with Gasteiger partial charge in [0.25, 0.3) is 5.91 Å². The second-order valence-electron chi connectivity index (χ2n) is 4.94. The third kappa shape index (κ3) is 3.67. The van der Waals surface area contributed by atoms with Gasteiger partial charge in [0.05, 0.1) is 12.2 Å². The van der Waals surface area contributed by atoms with E-state index in [1.165, 1.54) is 5.56 Å². The van der Waals surface area contributed by atoms with E-state index in [4.69, 9.17) is 0 Å². The van der Waals surface area contributed by atoms with Crippen LogP contribution in [0.1, 0.15) is 47.8 Å². The van der Waals surface area contributed by atoms with Gasteiger partial charge in [-0.1, -0.05) is 32.0 Å². The average Bonchev–Trinajstić information content (AvgIpc) is 2.53. The summed E-state index contributed by atoms with van der Waals surface area (Å²) in [6.45, 7) is 4.81. The number of rotatable bonds is 5. The number of pyridine rings is 1. The molecule has 3 heteroatoms. The van der Waals surface area contributed by atoms with Crippen LogP contribution in [-0.4, -0.2) is 10.9 Å². The molecule has 1 amide bonds. The normalized spacial score (nSPS) is 11.9. The highest BCUT2D eigenvalue weighted by Crippen LogP contribution is 2.18. The molecule has 2 rings (SSSR count). The first-order chi connectivity index (χ1) is 9.70. The molecule has 0 fully saturated rings. The maximum absolute atomic E-state index is 12.0. The third-order valence-corrected chi connectivity index (χ3v) is 3.51. The van der Waals surface area contributed by atoms with E-state index >= 15 is 0 Å².